The van der Waals surface area contributed by atoms with E-state index in [0.717, 1.165) is 6.07 Å². The number of nitrogens with two attached hydrogens (primary N) is 1. The highest BCUT2D eigenvalue weighted by molar-refractivity contribution is 5.98. The van der Waals surface area contributed by atoms with Crippen molar-refractivity contribution in [2.45, 2.75) is 12.5 Å². The molecule has 154 valence electrons. The fourth-order valence-corrected chi connectivity index (χ4v) is 2.42. The summed E-state index contributed by atoms with van der Waals surface area (Å²) >= 11 is 0. The van der Waals surface area contributed by atoms with Crippen molar-refractivity contribution in [3.63, 3.8) is 0 Å². The number of amides is 4. The molecular formula is C16H20F3N5O4. The lowest BCUT2D eigenvalue weighted by Gasteiger charge is -2.27. The summed E-state index contributed by atoms with van der Waals surface area (Å²) in [5.41, 5.74) is 5.53. The fraction of sp³-hybridized carbons (Fsp3) is 0.438. The van der Waals surface area contributed by atoms with Gasteiger partial charge in [-0.3, -0.25) is 9.59 Å². The number of ether oxygens (including phenoxy) is 1. The molecule has 1 aliphatic rings. The summed E-state index contributed by atoms with van der Waals surface area (Å²) in [5, 5.41) is 6.39. The number of carbonyl (C=O) groups is 3. The Morgan fingerprint density at radius 1 is 1.32 bits per heavy atom. The third kappa shape index (κ3) is 5.82. The predicted octanol–water partition coefficient (Wildman–Crippen LogP) is 0.0190. The number of alkyl halides is 2. The molecule has 0 saturated carbocycles. The summed E-state index contributed by atoms with van der Waals surface area (Å²) in [6.07, 6.45) is -2.74. The van der Waals surface area contributed by atoms with Gasteiger partial charge in [0.25, 0.3) is 12.3 Å². The van der Waals surface area contributed by atoms with Crippen molar-refractivity contribution in [1.82, 2.24) is 10.6 Å². The van der Waals surface area contributed by atoms with Gasteiger partial charge in [0.15, 0.2) is 0 Å². The van der Waals surface area contributed by atoms with Crippen LogP contribution in [0.2, 0.25) is 0 Å². The summed E-state index contributed by atoms with van der Waals surface area (Å²) in [6.45, 7) is -0.848. The largest absolute Gasteiger partial charge is 0.370 e. The first-order valence-electron chi connectivity index (χ1n) is 8.33. The van der Waals surface area contributed by atoms with Crippen LogP contribution in [-0.4, -0.2) is 63.2 Å². The molecule has 0 bridgehead atoms. The Balaban J connectivity index is 1.99. The van der Waals surface area contributed by atoms with Crippen molar-refractivity contribution >= 4 is 29.2 Å². The molecule has 1 heterocycles. The van der Waals surface area contributed by atoms with Crippen LogP contribution in [0.5, 0.6) is 0 Å². The summed E-state index contributed by atoms with van der Waals surface area (Å²) in [4.78, 5) is 36.7. The molecular weight excluding hydrogens is 383 g/mol. The monoisotopic (exact) mass is 403 g/mol. The van der Waals surface area contributed by atoms with Crippen LogP contribution in [0.15, 0.2) is 18.2 Å². The van der Waals surface area contributed by atoms with E-state index in [2.05, 4.69) is 10.6 Å². The molecule has 1 aromatic carbocycles. The van der Waals surface area contributed by atoms with Gasteiger partial charge in [-0.25, -0.2) is 18.0 Å². The van der Waals surface area contributed by atoms with Gasteiger partial charge in [0.1, 0.15) is 18.5 Å². The highest BCUT2D eigenvalue weighted by Crippen LogP contribution is 2.24. The van der Waals surface area contributed by atoms with Crippen LogP contribution in [0.3, 0.4) is 0 Å². The van der Waals surface area contributed by atoms with Crippen molar-refractivity contribution in [2.75, 3.05) is 43.1 Å². The van der Waals surface area contributed by atoms with Crippen LogP contribution in [-0.2, 0) is 14.3 Å². The maximum atomic E-state index is 14.4. The zero-order valence-corrected chi connectivity index (χ0v) is 14.7. The highest BCUT2D eigenvalue weighted by atomic mass is 19.3. The van der Waals surface area contributed by atoms with E-state index in [9.17, 15) is 27.6 Å². The number of morpholine rings is 1. The quantitative estimate of drug-likeness (QED) is 0.511. The Morgan fingerprint density at radius 3 is 2.68 bits per heavy atom. The van der Waals surface area contributed by atoms with Crippen LogP contribution in [0.1, 0.15) is 0 Å². The Bertz CT molecular complexity index is 734. The second-order valence-corrected chi connectivity index (χ2v) is 5.79. The summed E-state index contributed by atoms with van der Waals surface area (Å²) in [6, 6.07) is 1.51. The highest BCUT2D eigenvalue weighted by Gasteiger charge is 2.24. The van der Waals surface area contributed by atoms with E-state index in [0.29, 0.717) is 0 Å². The standard InChI is InChI=1S/C16H20F3N5O4/c17-10-5-9(1-2-12(10)24-3-4-28-8-14(24)25)22-15(26)11(6-20)23-16(27)21-7-13(18)19/h1-2,5,11,13H,3-4,6-8,20H2,(H,22,26)(H2,21,23,27)/t11-/m0/s1. The Hall–Kier alpha value is -2.86. The number of anilines is 2. The number of hydrogen-bond donors (Lipinski definition) is 4. The van der Waals surface area contributed by atoms with Crippen LogP contribution < -0.4 is 26.6 Å². The number of halogens is 3. The molecule has 2 rings (SSSR count). The molecule has 0 aromatic heterocycles. The lowest BCUT2D eigenvalue weighted by atomic mass is 10.2. The minimum Gasteiger partial charge on any atom is -0.370 e. The van der Waals surface area contributed by atoms with Crippen molar-refractivity contribution < 1.29 is 32.3 Å². The topological polar surface area (TPSA) is 126 Å². The molecule has 1 saturated heterocycles. The molecule has 0 aliphatic carbocycles. The number of carbonyl (C=O) groups excluding carboxylic acids is 3. The molecule has 0 radical (unpaired) electrons. The lowest BCUT2D eigenvalue weighted by Crippen LogP contribution is -2.52. The van der Waals surface area contributed by atoms with Crippen molar-refractivity contribution in [1.29, 1.82) is 0 Å². The van der Waals surface area contributed by atoms with Crippen LogP contribution in [0.25, 0.3) is 0 Å². The zero-order valence-electron chi connectivity index (χ0n) is 14.7. The van der Waals surface area contributed by atoms with Gasteiger partial charge in [0.05, 0.1) is 18.8 Å². The Labute approximate surface area is 158 Å². The second-order valence-electron chi connectivity index (χ2n) is 5.79. The van der Waals surface area contributed by atoms with Crippen molar-refractivity contribution in [2.24, 2.45) is 5.73 Å². The molecule has 28 heavy (non-hydrogen) atoms. The third-order valence-corrected chi connectivity index (χ3v) is 3.77. The van der Waals surface area contributed by atoms with Crippen molar-refractivity contribution in [3.8, 4) is 0 Å². The number of urea groups is 1. The van der Waals surface area contributed by atoms with Gasteiger partial charge in [-0.1, -0.05) is 0 Å². The summed E-state index contributed by atoms with van der Waals surface area (Å²) in [5.74, 6) is -1.88. The first kappa shape index (κ1) is 21.4. The van der Waals surface area contributed by atoms with Gasteiger partial charge < -0.3 is 31.3 Å². The van der Waals surface area contributed by atoms with Gasteiger partial charge in [0.2, 0.25) is 5.91 Å². The lowest BCUT2D eigenvalue weighted by molar-refractivity contribution is -0.125. The number of nitrogens with zero attached hydrogens (tertiary/aromatic N) is 1. The van der Waals surface area contributed by atoms with E-state index in [-0.39, 0.29) is 43.6 Å². The fourth-order valence-electron chi connectivity index (χ4n) is 2.42. The maximum absolute atomic E-state index is 14.4. The van der Waals surface area contributed by atoms with E-state index in [1.165, 1.54) is 17.0 Å². The maximum Gasteiger partial charge on any atom is 0.315 e. The minimum atomic E-state index is -2.74. The molecule has 1 aliphatic heterocycles. The van der Waals surface area contributed by atoms with Gasteiger partial charge in [-0.05, 0) is 18.2 Å². The predicted molar refractivity (Wildman–Crippen MR) is 93.6 cm³/mol. The first-order chi connectivity index (χ1) is 13.3. The van der Waals surface area contributed by atoms with Gasteiger partial charge in [-0.2, -0.15) is 0 Å². The minimum absolute atomic E-state index is 0.0474. The molecule has 0 unspecified atom stereocenters. The van der Waals surface area contributed by atoms with E-state index in [4.69, 9.17) is 10.5 Å². The molecule has 4 amide bonds. The average Bonchev–Trinajstić information content (AvgIpc) is 2.65. The second kappa shape index (κ2) is 9.90. The Morgan fingerprint density at radius 2 is 2.07 bits per heavy atom. The third-order valence-electron chi connectivity index (χ3n) is 3.77. The van der Waals surface area contributed by atoms with Crippen LogP contribution in [0, 0.1) is 5.82 Å². The Kier molecular flexibility index (Phi) is 7.58. The van der Waals surface area contributed by atoms with Crippen molar-refractivity contribution in [3.05, 3.63) is 24.0 Å². The number of hydrogen-bond acceptors (Lipinski definition) is 5. The van der Waals surface area contributed by atoms with E-state index in [1.807, 2.05) is 5.32 Å². The van der Waals surface area contributed by atoms with E-state index in [1.54, 1.807) is 0 Å². The smallest absolute Gasteiger partial charge is 0.315 e. The van der Waals surface area contributed by atoms with Gasteiger partial charge >= 0.3 is 6.03 Å². The van der Waals surface area contributed by atoms with Crippen LogP contribution in [0.4, 0.5) is 29.3 Å². The van der Waals surface area contributed by atoms with Gasteiger partial charge in [0, 0.05) is 18.8 Å². The molecule has 0 spiro atoms. The van der Waals surface area contributed by atoms with E-state index >= 15 is 0 Å². The molecule has 5 N–H and O–H groups in total. The molecule has 9 nitrogen and oxygen atoms in total. The molecule has 1 aromatic rings. The van der Waals surface area contributed by atoms with E-state index < -0.39 is 36.8 Å². The zero-order chi connectivity index (χ0) is 20.7. The van der Waals surface area contributed by atoms with Crippen LogP contribution >= 0.6 is 0 Å². The normalized spacial score (nSPS) is 15.3. The molecule has 1 atom stereocenters. The average molecular weight is 403 g/mol. The molecule has 12 heteroatoms. The SMILES string of the molecule is NC[C@H](NC(=O)NCC(F)F)C(=O)Nc1ccc(N2CCOCC2=O)c(F)c1. The molecule has 1 fully saturated rings. The summed E-state index contributed by atoms with van der Waals surface area (Å²) in [7, 11) is 0. The number of nitrogens with one attached hydrogen (secondary N) is 3. The number of rotatable bonds is 7. The summed E-state index contributed by atoms with van der Waals surface area (Å²) < 4.78 is 43.5. The first-order valence-corrected chi connectivity index (χ1v) is 8.33. The van der Waals surface area contributed by atoms with Gasteiger partial charge in [-0.15, -0.1) is 0 Å². The number of benzene rings is 1.